The summed E-state index contributed by atoms with van der Waals surface area (Å²) in [6.45, 7) is 0. The number of halogens is 1. The van der Waals surface area contributed by atoms with E-state index in [4.69, 9.17) is 0 Å². The molecular weight excluding hydrogens is 453 g/mol. The van der Waals surface area contributed by atoms with Gasteiger partial charge in [-0.3, -0.25) is 4.79 Å². The summed E-state index contributed by atoms with van der Waals surface area (Å²) in [6.07, 6.45) is 2.52. The first kappa shape index (κ1) is 22.0. The molecule has 1 fully saturated rings. The monoisotopic (exact) mass is 475 g/mol. The molecule has 1 heterocycles. The number of carbonyl (C=O) groups excluding carboxylic acids is 1. The summed E-state index contributed by atoms with van der Waals surface area (Å²) in [7, 11) is 0. The molecule has 34 heavy (non-hydrogen) atoms. The van der Waals surface area contributed by atoms with Crippen LogP contribution in [0.1, 0.15) is 36.0 Å². The van der Waals surface area contributed by atoms with E-state index in [1.807, 2.05) is 36.4 Å². The van der Waals surface area contributed by atoms with Gasteiger partial charge in [-0.05, 0) is 66.4 Å². The number of aromatic nitrogens is 1. The summed E-state index contributed by atoms with van der Waals surface area (Å²) < 4.78 is 14.2. The summed E-state index contributed by atoms with van der Waals surface area (Å²) in [5.74, 6) is -1.62. The third-order valence-corrected chi connectivity index (χ3v) is 7.12. The van der Waals surface area contributed by atoms with Gasteiger partial charge in [-0.1, -0.05) is 48.4 Å². The van der Waals surface area contributed by atoms with Gasteiger partial charge in [0.15, 0.2) is 5.13 Å². The number of benzene rings is 3. The highest BCUT2D eigenvalue weighted by atomic mass is 32.1. The van der Waals surface area contributed by atoms with Gasteiger partial charge in [0.05, 0.1) is 10.2 Å². The number of fused-ring (bicyclic) bond motifs is 1. The van der Waals surface area contributed by atoms with Gasteiger partial charge in [-0.15, -0.1) is 0 Å². The maximum atomic E-state index is 13.4. The molecule has 3 N–H and O–H groups in total. The van der Waals surface area contributed by atoms with Crippen LogP contribution in [0.3, 0.4) is 0 Å². The molecule has 8 heteroatoms. The third kappa shape index (κ3) is 4.36. The highest BCUT2D eigenvalue weighted by Crippen LogP contribution is 2.31. The number of amides is 1. The summed E-state index contributed by atoms with van der Waals surface area (Å²) in [5, 5.41) is 16.2. The molecule has 1 saturated carbocycles. The minimum Gasteiger partial charge on any atom is -0.480 e. The molecule has 172 valence electrons. The maximum absolute atomic E-state index is 13.4. The standard InChI is InChI=1S/C26H22FN3O3S/c27-19-9-12-21-22(15-19)34-25(29-21)28-20-10-7-17(8-11-20)16-3-5-18(6-4-16)23(31)30-26(24(32)33)13-1-2-14-26/h3-12,15H,1-2,13-14H2,(H,28,29)(H,30,31)(H,32,33). The number of nitrogens with one attached hydrogen (secondary N) is 2. The van der Waals surface area contributed by atoms with Gasteiger partial charge in [0.2, 0.25) is 0 Å². The van der Waals surface area contributed by atoms with E-state index in [0.29, 0.717) is 23.5 Å². The molecule has 0 radical (unpaired) electrons. The first-order chi connectivity index (χ1) is 16.4. The number of rotatable bonds is 6. The smallest absolute Gasteiger partial charge is 0.329 e. The van der Waals surface area contributed by atoms with Crippen LogP contribution in [0.5, 0.6) is 0 Å². The number of anilines is 2. The van der Waals surface area contributed by atoms with E-state index >= 15 is 0 Å². The van der Waals surface area contributed by atoms with E-state index in [1.54, 1.807) is 18.2 Å². The number of aliphatic carboxylic acids is 1. The van der Waals surface area contributed by atoms with E-state index in [1.165, 1.54) is 23.5 Å². The average molecular weight is 476 g/mol. The number of thiazole rings is 1. The minimum atomic E-state index is -1.16. The van der Waals surface area contributed by atoms with Crippen molar-refractivity contribution >= 4 is 44.2 Å². The zero-order valence-electron chi connectivity index (χ0n) is 18.2. The Morgan fingerprint density at radius 3 is 2.24 bits per heavy atom. The lowest BCUT2D eigenvalue weighted by Crippen LogP contribution is -2.52. The lowest BCUT2D eigenvalue weighted by atomic mass is 9.97. The van der Waals surface area contributed by atoms with E-state index in [0.717, 1.165) is 39.9 Å². The first-order valence-corrected chi connectivity index (χ1v) is 11.8. The molecule has 0 bridgehead atoms. The molecule has 0 spiro atoms. The molecule has 5 rings (SSSR count). The SMILES string of the molecule is O=C(NC1(C(=O)O)CCCC1)c1ccc(-c2ccc(Nc3nc4ccc(F)cc4s3)cc2)cc1. The van der Waals surface area contributed by atoms with Crippen LogP contribution in [0, 0.1) is 5.82 Å². The summed E-state index contributed by atoms with van der Waals surface area (Å²) in [4.78, 5) is 28.8. The fourth-order valence-electron chi connectivity index (χ4n) is 4.30. The molecule has 4 aromatic rings. The normalized spacial score (nSPS) is 14.7. The van der Waals surface area contributed by atoms with Gasteiger partial charge >= 0.3 is 5.97 Å². The lowest BCUT2D eigenvalue weighted by Gasteiger charge is -2.25. The quantitative estimate of drug-likeness (QED) is 0.319. The van der Waals surface area contributed by atoms with Gasteiger partial charge < -0.3 is 15.7 Å². The highest BCUT2D eigenvalue weighted by molar-refractivity contribution is 7.22. The Morgan fingerprint density at radius 1 is 0.941 bits per heavy atom. The second-order valence-electron chi connectivity index (χ2n) is 8.46. The summed E-state index contributed by atoms with van der Waals surface area (Å²) in [5.41, 5.74) is 2.79. The van der Waals surface area contributed by atoms with Crippen LogP contribution in [-0.4, -0.2) is 27.5 Å². The molecule has 1 aliphatic rings. The van der Waals surface area contributed by atoms with Gasteiger partial charge in [0.1, 0.15) is 11.4 Å². The van der Waals surface area contributed by atoms with E-state index in [-0.39, 0.29) is 11.7 Å². The maximum Gasteiger partial charge on any atom is 0.329 e. The predicted molar refractivity (Wildman–Crippen MR) is 131 cm³/mol. The summed E-state index contributed by atoms with van der Waals surface area (Å²) in [6, 6.07) is 19.4. The number of nitrogens with zero attached hydrogens (tertiary/aromatic N) is 1. The fraction of sp³-hybridized carbons (Fsp3) is 0.192. The molecule has 1 aromatic heterocycles. The van der Waals surface area contributed by atoms with Crippen LogP contribution in [0.2, 0.25) is 0 Å². The molecule has 0 aliphatic heterocycles. The highest BCUT2D eigenvalue weighted by Gasteiger charge is 2.42. The molecular formula is C26H22FN3O3S. The molecule has 1 amide bonds. The zero-order chi connectivity index (χ0) is 23.7. The van der Waals surface area contributed by atoms with E-state index in [2.05, 4.69) is 15.6 Å². The van der Waals surface area contributed by atoms with Gasteiger partial charge in [-0.25, -0.2) is 14.2 Å². The van der Waals surface area contributed by atoms with Crippen LogP contribution in [0.4, 0.5) is 15.2 Å². The van der Waals surface area contributed by atoms with Gasteiger partial charge in [-0.2, -0.15) is 0 Å². The third-order valence-electron chi connectivity index (χ3n) is 6.19. The average Bonchev–Trinajstić information content (AvgIpc) is 3.47. The Labute approximate surface area is 199 Å². The molecule has 3 aromatic carbocycles. The fourth-order valence-corrected chi connectivity index (χ4v) is 5.21. The molecule has 0 saturated heterocycles. The van der Waals surface area contributed by atoms with Crippen LogP contribution >= 0.6 is 11.3 Å². The predicted octanol–water partition coefficient (Wildman–Crippen LogP) is 5.97. The van der Waals surface area contributed by atoms with Crippen LogP contribution in [-0.2, 0) is 4.79 Å². The van der Waals surface area contributed by atoms with Crippen molar-refractivity contribution in [3.05, 3.63) is 78.1 Å². The van der Waals surface area contributed by atoms with Crippen molar-refractivity contribution in [2.75, 3.05) is 5.32 Å². The second-order valence-corrected chi connectivity index (χ2v) is 9.49. The number of carboxylic acids is 1. The van der Waals surface area contributed by atoms with Gasteiger partial charge in [0.25, 0.3) is 5.91 Å². The van der Waals surface area contributed by atoms with Crippen molar-refractivity contribution in [2.45, 2.75) is 31.2 Å². The van der Waals surface area contributed by atoms with Crippen molar-refractivity contribution in [2.24, 2.45) is 0 Å². The van der Waals surface area contributed by atoms with E-state index < -0.39 is 11.5 Å². The lowest BCUT2D eigenvalue weighted by molar-refractivity contribution is -0.144. The number of carbonyl (C=O) groups is 2. The number of carboxylic acid groups (broad SMARTS) is 1. The second kappa shape index (κ2) is 8.87. The Morgan fingerprint density at radius 2 is 1.59 bits per heavy atom. The molecule has 0 unspecified atom stereocenters. The Balaban J connectivity index is 1.27. The summed E-state index contributed by atoms with van der Waals surface area (Å²) >= 11 is 1.39. The Bertz CT molecular complexity index is 1360. The zero-order valence-corrected chi connectivity index (χ0v) is 19.0. The Hall–Kier alpha value is -3.78. The minimum absolute atomic E-state index is 0.282. The van der Waals surface area contributed by atoms with Crippen molar-refractivity contribution in [1.82, 2.24) is 10.3 Å². The van der Waals surface area contributed by atoms with E-state index in [9.17, 15) is 19.1 Å². The molecule has 0 atom stereocenters. The largest absolute Gasteiger partial charge is 0.480 e. The van der Waals surface area contributed by atoms with Crippen LogP contribution in [0.15, 0.2) is 66.7 Å². The topological polar surface area (TPSA) is 91.3 Å². The number of hydrogen-bond acceptors (Lipinski definition) is 5. The van der Waals surface area contributed by atoms with Gasteiger partial charge in [0, 0.05) is 11.3 Å². The van der Waals surface area contributed by atoms with Crippen molar-refractivity contribution in [3.63, 3.8) is 0 Å². The number of hydrogen-bond donors (Lipinski definition) is 3. The Kier molecular flexibility index (Phi) is 5.75. The van der Waals surface area contributed by atoms with Crippen molar-refractivity contribution < 1.29 is 19.1 Å². The van der Waals surface area contributed by atoms with Crippen LogP contribution < -0.4 is 10.6 Å². The first-order valence-electron chi connectivity index (χ1n) is 11.0. The molecule has 1 aliphatic carbocycles. The van der Waals surface area contributed by atoms with Crippen molar-refractivity contribution in [1.29, 1.82) is 0 Å². The molecule has 6 nitrogen and oxygen atoms in total. The van der Waals surface area contributed by atoms with Crippen molar-refractivity contribution in [3.8, 4) is 11.1 Å². The van der Waals surface area contributed by atoms with Crippen LogP contribution in [0.25, 0.3) is 21.3 Å².